The first-order valence-corrected chi connectivity index (χ1v) is 13.7. The lowest BCUT2D eigenvalue weighted by Crippen LogP contribution is -2.41. The minimum absolute atomic E-state index is 0.208. The molecule has 0 bridgehead atoms. The third-order valence-corrected chi connectivity index (χ3v) is 7.29. The van der Waals surface area contributed by atoms with E-state index in [0.29, 0.717) is 46.1 Å². The van der Waals surface area contributed by atoms with E-state index in [1.807, 2.05) is 79.7 Å². The summed E-state index contributed by atoms with van der Waals surface area (Å²) in [6.45, 7) is 2.31. The van der Waals surface area contributed by atoms with Gasteiger partial charge in [-0.25, -0.2) is 9.78 Å². The first-order valence-electron chi connectivity index (χ1n) is 12.6. The quantitative estimate of drug-likeness (QED) is 0.208. The lowest BCUT2D eigenvalue weighted by atomic mass is 10.1. The molecule has 5 rings (SSSR count). The predicted molar refractivity (Wildman–Crippen MR) is 161 cm³/mol. The number of para-hydroxylation sites is 1. The Kier molecular flexibility index (Phi) is 8.10. The van der Waals surface area contributed by atoms with E-state index in [1.165, 1.54) is 0 Å². The summed E-state index contributed by atoms with van der Waals surface area (Å²) in [6, 6.07) is 30.9. The number of halogens is 2. The van der Waals surface area contributed by atoms with Crippen LogP contribution in [-0.4, -0.2) is 27.0 Å². The van der Waals surface area contributed by atoms with E-state index < -0.39 is 6.04 Å². The minimum Gasteiger partial charge on any atom is -0.314 e. The molecule has 0 aliphatic rings. The standard InChI is InChI=1S/C31H26BrClN4O2/c1-21(29-35-28-13-6-5-12-27(28)30(38)37(29)26-16-14-24(33)15-17-26)36(19-18-22-8-3-2-4-9-22)31(39)34-25-11-7-10-23(32)20-25/h2-17,20-21H,18-19H2,1H3,(H,34,39). The number of urea groups is 1. The number of nitrogens with zero attached hydrogens (tertiary/aromatic N) is 3. The molecule has 0 saturated heterocycles. The number of amides is 2. The summed E-state index contributed by atoms with van der Waals surface area (Å²) >= 11 is 9.61. The van der Waals surface area contributed by atoms with E-state index in [2.05, 4.69) is 21.2 Å². The Bertz CT molecular complexity index is 1670. The van der Waals surface area contributed by atoms with Crippen molar-refractivity contribution in [2.45, 2.75) is 19.4 Å². The van der Waals surface area contributed by atoms with Gasteiger partial charge in [0.25, 0.3) is 5.56 Å². The van der Waals surface area contributed by atoms with Gasteiger partial charge in [-0.1, -0.05) is 76.1 Å². The molecule has 1 heterocycles. The fourth-order valence-corrected chi connectivity index (χ4v) is 5.06. The molecule has 0 spiro atoms. The molecule has 0 aliphatic heterocycles. The zero-order valence-corrected chi connectivity index (χ0v) is 23.6. The second-order valence-corrected chi connectivity index (χ2v) is 10.5. The number of fused-ring (bicyclic) bond motifs is 1. The summed E-state index contributed by atoms with van der Waals surface area (Å²) in [6.07, 6.45) is 0.635. The maximum atomic E-state index is 13.8. The molecule has 1 unspecified atom stereocenters. The largest absolute Gasteiger partial charge is 0.322 e. The highest BCUT2D eigenvalue weighted by atomic mass is 79.9. The molecule has 0 fully saturated rings. The van der Waals surface area contributed by atoms with Crippen molar-refractivity contribution < 1.29 is 4.79 Å². The first-order chi connectivity index (χ1) is 18.9. The van der Waals surface area contributed by atoms with Gasteiger partial charge in [0.2, 0.25) is 0 Å². The first kappa shape index (κ1) is 26.7. The normalized spacial score (nSPS) is 11.8. The van der Waals surface area contributed by atoms with Gasteiger partial charge in [0, 0.05) is 21.7 Å². The summed E-state index contributed by atoms with van der Waals surface area (Å²) in [5.41, 5.74) is 2.75. The van der Waals surface area contributed by atoms with Gasteiger partial charge in [-0.15, -0.1) is 0 Å². The van der Waals surface area contributed by atoms with Gasteiger partial charge >= 0.3 is 6.03 Å². The number of carbonyl (C=O) groups is 1. The van der Waals surface area contributed by atoms with Gasteiger partial charge in [0.15, 0.2) is 0 Å². The van der Waals surface area contributed by atoms with Gasteiger partial charge in [0.1, 0.15) is 5.82 Å². The van der Waals surface area contributed by atoms with E-state index in [9.17, 15) is 9.59 Å². The van der Waals surface area contributed by atoms with Crippen molar-refractivity contribution in [1.82, 2.24) is 14.5 Å². The Balaban J connectivity index is 1.60. The van der Waals surface area contributed by atoms with Gasteiger partial charge < -0.3 is 10.2 Å². The molecule has 2 amide bonds. The maximum Gasteiger partial charge on any atom is 0.322 e. The van der Waals surface area contributed by atoms with Crippen LogP contribution in [0.15, 0.2) is 112 Å². The van der Waals surface area contributed by atoms with Crippen LogP contribution in [0.5, 0.6) is 0 Å². The van der Waals surface area contributed by atoms with Crippen LogP contribution in [0.2, 0.25) is 5.02 Å². The third-order valence-electron chi connectivity index (χ3n) is 6.55. The van der Waals surface area contributed by atoms with Gasteiger partial charge in [0.05, 0.1) is 22.6 Å². The van der Waals surface area contributed by atoms with Crippen molar-refractivity contribution in [1.29, 1.82) is 0 Å². The minimum atomic E-state index is -0.547. The molecule has 1 aromatic heterocycles. The fourth-order valence-electron chi connectivity index (χ4n) is 4.54. The zero-order chi connectivity index (χ0) is 27.4. The number of hydrogen-bond donors (Lipinski definition) is 1. The number of rotatable bonds is 7. The molecule has 5 aromatic rings. The van der Waals surface area contributed by atoms with Gasteiger partial charge in [-0.2, -0.15) is 0 Å². The molecular weight excluding hydrogens is 576 g/mol. The molecule has 0 aliphatic carbocycles. The van der Waals surface area contributed by atoms with Crippen LogP contribution in [0.3, 0.4) is 0 Å². The molecular formula is C31H26BrClN4O2. The molecule has 0 saturated carbocycles. The molecule has 6 nitrogen and oxygen atoms in total. The Hall–Kier alpha value is -3.94. The van der Waals surface area contributed by atoms with Crippen LogP contribution in [0, 0.1) is 0 Å². The van der Waals surface area contributed by atoms with Crippen molar-refractivity contribution in [2.75, 3.05) is 11.9 Å². The van der Waals surface area contributed by atoms with E-state index in [4.69, 9.17) is 16.6 Å². The Morgan fingerprint density at radius 1 is 0.974 bits per heavy atom. The number of anilines is 1. The third kappa shape index (κ3) is 6.05. The topological polar surface area (TPSA) is 67.2 Å². The van der Waals surface area contributed by atoms with Crippen molar-refractivity contribution in [2.24, 2.45) is 0 Å². The van der Waals surface area contributed by atoms with Crippen molar-refractivity contribution in [3.63, 3.8) is 0 Å². The number of aromatic nitrogens is 2. The lowest BCUT2D eigenvalue weighted by molar-refractivity contribution is 0.190. The number of benzene rings is 4. The summed E-state index contributed by atoms with van der Waals surface area (Å²) in [5, 5.41) is 4.07. The zero-order valence-electron chi connectivity index (χ0n) is 21.2. The number of nitrogens with one attached hydrogen (secondary N) is 1. The van der Waals surface area contributed by atoms with Gasteiger partial charge in [-0.3, -0.25) is 9.36 Å². The highest BCUT2D eigenvalue weighted by Crippen LogP contribution is 2.25. The summed E-state index contributed by atoms with van der Waals surface area (Å²) in [4.78, 5) is 34.2. The highest BCUT2D eigenvalue weighted by molar-refractivity contribution is 9.10. The average Bonchev–Trinajstić information content (AvgIpc) is 2.94. The Morgan fingerprint density at radius 3 is 2.44 bits per heavy atom. The molecule has 1 N–H and O–H groups in total. The average molecular weight is 602 g/mol. The van der Waals surface area contributed by atoms with Crippen LogP contribution >= 0.6 is 27.5 Å². The monoisotopic (exact) mass is 600 g/mol. The van der Waals surface area contributed by atoms with Crippen LogP contribution in [0.4, 0.5) is 10.5 Å². The smallest absolute Gasteiger partial charge is 0.314 e. The summed E-state index contributed by atoms with van der Waals surface area (Å²) < 4.78 is 2.43. The Morgan fingerprint density at radius 2 is 1.69 bits per heavy atom. The number of hydrogen-bond acceptors (Lipinski definition) is 3. The van der Waals surface area contributed by atoms with Crippen LogP contribution in [0.25, 0.3) is 16.6 Å². The van der Waals surface area contributed by atoms with Crippen molar-refractivity contribution >= 4 is 50.2 Å². The molecule has 196 valence electrons. The van der Waals surface area contributed by atoms with Crippen LogP contribution in [-0.2, 0) is 6.42 Å². The highest BCUT2D eigenvalue weighted by Gasteiger charge is 2.27. The van der Waals surface area contributed by atoms with Crippen LogP contribution in [0.1, 0.15) is 24.4 Å². The molecule has 8 heteroatoms. The summed E-state index contributed by atoms with van der Waals surface area (Å²) in [5.74, 6) is 0.457. The lowest BCUT2D eigenvalue weighted by Gasteiger charge is -2.31. The van der Waals surface area contributed by atoms with E-state index >= 15 is 0 Å². The van der Waals surface area contributed by atoms with E-state index in [-0.39, 0.29) is 11.6 Å². The molecule has 4 aromatic carbocycles. The van der Waals surface area contributed by atoms with E-state index in [1.54, 1.807) is 39.8 Å². The van der Waals surface area contributed by atoms with Gasteiger partial charge in [-0.05, 0) is 73.5 Å². The maximum absolute atomic E-state index is 13.8. The predicted octanol–water partition coefficient (Wildman–Crippen LogP) is 7.64. The molecule has 39 heavy (non-hydrogen) atoms. The number of carbonyl (C=O) groups excluding carboxylic acids is 1. The molecule has 1 atom stereocenters. The Labute approximate surface area is 240 Å². The SMILES string of the molecule is CC(c1nc2ccccc2c(=O)n1-c1ccc(Cl)cc1)N(CCc1ccccc1)C(=O)Nc1cccc(Br)c1. The van der Waals surface area contributed by atoms with Crippen LogP contribution < -0.4 is 10.9 Å². The second-order valence-electron chi connectivity index (χ2n) is 9.15. The second kappa shape index (κ2) is 11.8. The van der Waals surface area contributed by atoms with E-state index in [0.717, 1.165) is 10.0 Å². The fraction of sp³-hybridized carbons (Fsp3) is 0.129. The molecule has 0 radical (unpaired) electrons. The summed E-state index contributed by atoms with van der Waals surface area (Å²) in [7, 11) is 0. The van der Waals surface area contributed by atoms with Crippen molar-refractivity contribution in [3.8, 4) is 5.69 Å². The van der Waals surface area contributed by atoms with Crippen molar-refractivity contribution in [3.05, 3.63) is 134 Å².